The summed E-state index contributed by atoms with van der Waals surface area (Å²) in [7, 11) is -3.74. The summed E-state index contributed by atoms with van der Waals surface area (Å²) in [4.78, 5) is 50.5. The molecule has 1 aliphatic carbocycles. The lowest BCUT2D eigenvalue weighted by Crippen LogP contribution is -2.48. The second-order valence-electron chi connectivity index (χ2n) is 7.88. The number of nitrogens with one attached hydrogen (secondary N) is 2. The minimum Gasteiger partial charge on any atom is -0.274 e. The third-order valence-corrected chi connectivity index (χ3v) is 8.03. The van der Waals surface area contributed by atoms with Crippen molar-refractivity contribution in [2.75, 3.05) is 19.6 Å². The molecule has 1 aliphatic heterocycles. The molecule has 3 rings (SSSR count). The molecule has 174 valence electrons. The Balaban J connectivity index is 1.61. The number of sulfonamides is 1. The summed E-state index contributed by atoms with van der Waals surface area (Å²) in [5.74, 6) is -2.82. The number of likely N-dealkylation sites (tertiary alicyclic amines) is 1. The number of amides is 4. The summed E-state index contributed by atoms with van der Waals surface area (Å²) in [6, 6.07) is 5.48. The molecule has 0 aromatic heterocycles. The summed E-state index contributed by atoms with van der Waals surface area (Å²) in [6.45, 7) is 3.55. The number of hydrogen-bond donors (Lipinski definition) is 2. The summed E-state index contributed by atoms with van der Waals surface area (Å²) in [5, 5.41) is 0. The summed E-state index contributed by atoms with van der Waals surface area (Å²) in [5.41, 5.74) is 4.43. The highest BCUT2D eigenvalue weighted by atomic mass is 32.2. The molecule has 10 nitrogen and oxygen atoms in total. The van der Waals surface area contributed by atoms with E-state index < -0.39 is 28.4 Å². The predicted octanol–water partition coefficient (Wildman–Crippen LogP) is 0.653. The summed E-state index contributed by atoms with van der Waals surface area (Å²) >= 11 is 0. The van der Waals surface area contributed by atoms with Gasteiger partial charge < -0.3 is 0 Å². The Kier molecular flexibility index (Phi) is 7.29. The van der Waals surface area contributed by atoms with Crippen LogP contribution in [0, 0.1) is 11.8 Å². The van der Waals surface area contributed by atoms with Crippen molar-refractivity contribution >= 4 is 33.7 Å². The van der Waals surface area contributed by atoms with Gasteiger partial charge in [0, 0.05) is 18.7 Å². The molecule has 1 aromatic carbocycles. The molecule has 1 heterocycles. The number of fused-ring (bicyclic) bond motifs is 1. The van der Waals surface area contributed by atoms with E-state index in [0.29, 0.717) is 25.9 Å². The minimum absolute atomic E-state index is 0.0314. The molecule has 2 fully saturated rings. The molecular weight excluding hydrogens is 436 g/mol. The number of hydrazine groups is 1. The van der Waals surface area contributed by atoms with E-state index in [1.54, 1.807) is 13.8 Å². The number of rotatable bonds is 7. The lowest BCUT2D eigenvalue weighted by Gasteiger charge is -2.19. The van der Waals surface area contributed by atoms with Crippen molar-refractivity contribution in [1.29, 1.82) is 0 Å². The molecule has 11 heteroatoms. The molecule has 0 bridgehead atoms. The van der Waals surface area contributed by atoms with Gasteiger partial charge in [-0.1, -0.05) is 32.8 Å². The molecule has 1 saturated carbocycles. The first-order chi connectivity index (χ1) is 15.2. The van der Waals surface area contributed by atoms with Gasteiger partial charge in [-0.15, -0.1) is 0 Å². The lowest BCUT2D eigenvalue weighted by molar-refractivity contribution is -0.143. The van der Waals surface area contributed by atoms with Gasteiger partial charge >= 0.3 is 0 Å². The zero-order valence-electron chi connectivity index (χ0n) is 18.2. The Labute approximate surface area is 187 Å². The largest absolute Gasteiger partial charge is 0.274 e. The van der Waals surface area contributed by atoms with E-state index in [1.165, 1.54) is 28.6 Å². The zero-order valence-corrected chi connectivity index (χ0v) is 19.0. The Morgan fingerprint density at radius 3 is 2.19 bits per heavy atom. The minimum atomic E-state index is -3.74. The summed E-state index contributed by atoms with van der Waals surface area (Å²) < 4.78 is 26.6. The molecular formula is C21H28N4O6S. The van der Waals surface area contributed by atoms with E-state index >= 15 is 0 Å². The molecule has 32 heavy (non-hydrogen) atoms. The van der Waals surface area contributed by atoms with Crippen LogP contribution in [0.15, 0.2) is 29.2 Å². The van der Waals surface area contributed by atoms with Crippen LogP contribution in [0.1, 0.15) is 49.9 Å². The first-order valence-electron chi connectivity index (χ1n) is 10.7. The van der Waals surface area contributed by atoms with Gasteiger partial charge in [0.25, 0.3) is 11.8 Å². The average Bonchev–Trinajstić information content (AvgIpc) is 3.03. The molecule has 0 spiro atoms. The highest BCUT2D eigenvalue weighted by Crippen LogP contribution is 2.37. The lowest BCUT2D eigenvalue weighted by atomic mass is 9.81. The molecule has 2 aliphatic rings. The van der Waals surface area contributed by atoms with E-state index in [2.05, 4.69) is 10.9 Å². The fraction of sp³-hybridized carbons (Fsp3) is 0.524. The van der Waals surface area contributed by atoms with Gasteiger partial charge in [0.2, 0.25) is 21.8 Å². The number of carbonyl (C=O) groups is 4. The number of hydrogen-bond acceptors (Lipinski definition) is 6. The Morgan fingerprint density at radius 1 is 1.03 bits per heavy atom. The van der Waals surface area contributed by atoms with Crippen molar-refractivity contribution in [1.82, 2.24) is 20.1 Å². The number of benzene rings is 1. The van der Waals surface area contributed by atoms with Gasteiger partial charge in [-0.05, 0) is 31.0 Å². The van der Waals surface area contributed by atoms with E-state index in [1.807, 2.05) is 0 Å². The molecule has 0 radical (unpaired) electrons. The predicted molar refractivity (Wildman–Crippen MR) is 114 cm³/mol. The normalized spacial score (nSPS) is 20.9. The topological polar surface area (TPSA) is 133 Å². The van der Waals surface area contributed by atoms with Crippen molar-refractivity contribution in [3.63, 3.8) is 0 Å². The highest BCUT2D eigenvalue weighted by molar-refractivity contribution is 7.89. The van der Waals surface area contributed by atoms with Crippen LogP contribution >= 0.6 is 0 Å². The fourth-order valence-corrected chi connectivity index (χ4v) is 5.78. The number of carbonyl (C=O) groups excluding carboxylic acids is 4. The van der Waals surface area contributed by atoms with Crippen molar-refractivity contribution in [2.45, 2.75) is 44.4 Å². The van der Waals surface area contributed by atoms with Crippen molar-refractivity contribution < 1.29 is 27.6 Å². The first-order valence-corrected chi connectivity index (χ1v) is 12.2. The van der Waals surface area contributed by atoms with E-state index in [0.717, 1.165) is 17.7 Å². The Morgan fingerprint density at radius 2 is 1.62 bits per heavy atom. The highest BCUT2D eigenvalue weighted by Gasteiger charge is 2.48. The van der Waals surface area contributed by atoms with Gasteiger partial charge in [-0.25, -0.2) is 8.42 Å². The van der Waals surface area contributed by atoms with E-state index in [-0.39, 0.29) is 34.1 Å². The monoisotopic (exact) mass is 464 g/mol. The van der Waals surface area contributed by atoms with E-state index in [9.17, 15) is 27.6 Å². The zero-order chi connectivity index (χ0) is 23.5. The van der Waals surface area contributed by atoms with Crippen LogP contribution in [-0.4, -0.2) is 60.9 Å². The molecule has 1 aromatic rings. The van der Waals surface area contributed by atoms with Crippen LogP contribution in [0.4, 0.5) is 0 Å². The smallest absolute Gasteiger partial charge is 0.269 e. The van der Waals surface area contributed by atoms with Gasteiger partial charge in [-0.3, -0.25) is 34.9 Å². The third kappa shape index (κ3) is 4.68. The van der Waals surface area contributed by atoms with Gasteiger partial charge in [0.05, 0.1) is 16.7 Å². The quantitative estimate of drug-likeness (QED) is 0.450. The summed E-state index contributed by atoms with van der Waals surface area (Å²) in [6.07, 6.45) is 3.08. The van der Waals surface area contributed by atoms with Crippen LogP contribution in [0.2, 0.25) is 0 Å². The maximum Gasteiger partial charge on any atom is 0.269 e. The van der Waals surface area contributed by atoms with E-state index in [4.69, 9.17) is 0 Å². The average molecular weight is 465 g/mol. The van der Waals surface area contributed by atoms with Crippen LogP contribution in [0.25, 0.3) is 0 Å². The second-order valence-corrected chi connectivity index (χ2v) is 9.82. The maximum atomic E-state index is 12.7. The van der Waals surface area contributed by atoms with Crippen molar-refractivity contribution in [2.24, 2.45) is 11.8 Å². The first kappa shape index (κ1) is 23.9. The van der Waals surface area contributed by atoms with Crippen LogP contribution < -0.4 is 10.9 Å². The Hall–Kier alpha value is -2.79. The second kappa shape index (κ2) is 9.78. The van der Waals surface area contributed by atoms with Crippen molar-refractivity contribution in [3.8, 4) is 0 Å². The van der Waals surface area contributed by atoms with Crippen LogP contribution in [0.3, 0.4) is 0 Å². The van der Waals surface area contributed by atoms with Gasteiger partial charge in [0.15, 0.2) is 0 Å². The third-order valence-electron chi connectivity index (χ3n) is 5.99. The van der Waals surface area contributed by atoms with Crippen LogP contribution in [-0.2, 0) is 24.4 Å². The molecule has 1 saturated heterocycles. The molecule has 4 amide bonds. The molecule has 0 unspecified atom stereocenters. The maximum absolute atomic E-state index is 12.7. The standard InChI is InChI=1S/C21H28N4O6S/c1-3-24(4-2)32(30,31)15-9-7-8-14(12-15)19(27)23-22-18(26)13-25-20(28)16-10-5-6-11-17(16)21(25)29/h7-9,12,16-17H,3-6,10-11,13H2,1-2H3,(H,22,26)(H,23,27)/t16-,17-/m0/s1. The number of imide groups is 1. The van der Waals surface area contributed by atoms with Crippen LogP contribution in [0.5, 0.6) is 0 Å². The number of nitrogens with zero attached hydrogens (tertiary/aromatic N) is 2. The fourth-order valence-electron chi connectivity index (χ4n) is 4.28. The molecule has 2 atom stereocenters. The van der Waals surface area contributed by atoms with Crippen molar-refractivity contribution in [3.05, 3.63) is 29.8 Å². The van der Waals surface area contributed by atoms with Gasteiger partial charge in [-0.2, -0.15) is 4.31 Å². The SMILES string of the molecule is CCN(CC)S(=O)(=O)c1cccc(C(=O)NNC(=O)CN2C(=O)[C@H]3CCCC[C@@H]3C2=O)c1. The Bertz CT molecular complexity index is 997. The van der Waals surface area contributed by atoms with Gasteiger partial charge in [0.1, 0.15) is 6.54 Å². The molecule has 2 N–H and O–H groups in total.